The van der Waals surface area contributed by atoms with Gasteiger partial charge < -0.3 is 0 Å². The highest BCUT2D eigenvalue weighted by Crippen LogP contribution is 2.18. The molecule has 62 valence electrons. The van der Waals surface area contributed by atoms with E-state index < -0.39 is 0 Å². The van der Waals surface area contributed by atoms with E-state index in [1.54, 1.807) is 0 Å². The van der Waals surface area contributed by atoms with Gasteiger partial charge in [-0.25, -0.2) is 4.98 Å². The smallest absolute Gasteiger partial charge is 0.132 e. The van der Waals surface area contributed by atoms with Gasteiger partial charge in [-0.15, -0.1) is 0 Å². The third kappa shape index (κ3) is 1.16. The zero-order valence-corrected chi connectivity index (χ0v) is 7.47. The van der Waals surface area contributed by atoms with Crippen molar-refractivity contribution >= 4 is 22.5 Å². The van der Waals surface area contributed by atoms with Crippen molar-refractivity contribution in [2.45, 2.75) is 6.92 Å². The molecule has 0 amide bonds. The Morgan fingerprint density at radius 2 is 2.08 bits per heavy atom. The molecule has 0 radical (unpaired) electrons. The number of aromatic nitrogens is 1. The average molecular weight is 180 g/mol. The lowest BCUT2D eigenvalue weighted by molar-refractivity contribution is 1.33. The van der Waals surface area contributed by atoms with E-state index >= 15 is 0 Å². The molecule has 2 rings (SSSR count). The minimum Gasteiger partial charge on any atom is -0.236 e. The molecule has 0 atom stereocenters. The van der Waals surface area contributed by atoms with Gasteiger partial charge in [0.2, 0.25) is 0 Å². The van der Waals surface area contributed by atoms with Gasteiger partial charge in [0.1, 0.15) is 5.15 Å². The molecule has 1 aromatic heterocycles. The van der Waals surface area contributed by atoms with Gasteiger partial charge in [0, 0.05) is 6.81 Å². The van der Waals surface area contributed by atoms with E-state index in [1.165, 1.54) is 0 Å². The van der Waals surface area contributed by atoms with Crippen LogP contribution in [0, 0.1) is 6.92 Å². The number of benzene rings is 1. The first kappa shape index (κ1) is 7.56. The second-order valence-electron chi connectivity index (χ2n) is 2.79. The van der Waals surface area contributed by atoms with Crippen molar-refractivity contribution in [3.8, 4) is 0 Å². The Hall–Kier alpha value is -1.08. The third-order valence-electron chi connectivity index (χ3n) is 1.85. The van der Waals surface area contributed by atoms with Crippen molar-refractivity contribution in [1.82, 2.24) is 4.98 Å². The molecule has 1 nitrogen and oxygen atoms in total. The van der Waals surface area contributed by atoms with Gasteiger partial charge in [-0.1, -0.05) is 29.8 Å². The molecular weight excluding hydrogens is 170 g/mol. The summed E-state index contributed by atoms with van der Waals surface area (Å²) in [5.74, 6) is 0. The predicted octanol–water partition coefficient (Wildman–Crippen LogP) is 3.44. The molecule has 0 spiro atoms. The number of hydrogen-bond acceptors (Lipinski definition) is 1. The van der Waals surface area contributed by atoms with Crippen LogP contribution in [0.5, 0.6) is 0 Å². The second-order valence-corrected chi connectivity index (χ2v) is 3.15. The summed E-state index contributed by atoms with van der Waals surface area (Å²) in [5, 5.41) is 1.73. The number of pyridine rings is 1. The summed E-state index contributed by atoms with van der Waals surface area (Å²) in [7, 11) is 0. The molecule has 0 aliphatic rings. The summed E-state index contributed by atoms with van der Waals surface area (Å²) < 4.78 is 0. The average Bonchev–Trinajstić information content (AvgIpc) is 2.07. The minimum absolute atomic E-state index is 0. The first-order valence-corrected chi connectivity index (χ1v) is 4.17. The fraction of sp³-hybridized carbons (Fsp3) is 0.100. The van der Waals surface area contributed by atoms with Crippen molar-refractivity contribution in [2.24, 2.45) is 0 Å². The maximum absolute atomic E-state index is 5.88. The molecule has 2 aromatic rings. The summed E-state index contributed by atoms with van der Waals surface area (Å²) >= 11 is 5.88. The first-order valence-electron chi connectivity index (χ1n) is 3.79. The van der Waals surface area contributed by atoms with E-state index in [1.807, 2.05) is 37.3 Å². The van der Waals surface area contributed by atoms with E-state index in [0.29, 0.717) is 5.15 Å². The molecule has 0 aliphatic carbocycles. The highest BCUT2D eigenvalue weighted by Gasteiger charge is 1.98. The number of aryl methyl sites for hydroxylation is 1. The van der Waals surface area contributed by atoms with Crippen LogP contribution in [0.25, 0.3) is 10.9 Å². The summed E-state index contributed by atoms with van der Waals surface area (Å²) in [6.07, 6.45) is 0. The maximum atomic E-state index is 5.88. The van der Waals surface area contributed by atoms with Gasteiger partial charge in [0.15, 0.2) is 0 Å². The standard InChI is InChI=1S/C10H8ClN.H2/c1-7-6-8-4-2-3-5-9(8)12-10(7)11;/h2-6H,1H3;1H. The van der Waals surface area contributed by atoms with Gasteiger partial charge in [0.05, 0.1) is 5.52 Å². The number of halogens is 1. The Labute approximate surface area is 77.5 Å². The lowest BCUT2D eigenvalue weighted by atomic mass is 10.2. The molecule has 0 fully saturated rings. The van der Waals surface area contributed by atoms with Crippen molar-refractivity contribution in [3.05, 3.63) is 41.0 Å². The lowest BCUT2D eigenvalue weighted by Crippen LogP contribution is -1.82. The third-order valence-corrected chi connectivity index (χ3v) is 2.24. The molecule has 0 unspecified atom stereocenters. The Morgan fingerprint density at radius 1 is 1.33 bits per heavy atom. The van der Waals surface area contributed by atoms with E-state index in [2.05, 4.69) is 4.98 Å². The predicted molar refractivity (Wildman–Crippen MR) is 53.6 cm³/mol. The monoisotopic (exact) mass is 179 g/mol. The maximum Gasteiger partial charge on any atom is 0.132 e. The molecule has 0 aliphatic heterocycles. The highest BCUT2D eigenvalue weighted by atomic mass is 35.5. The summed E-state index contributed by atoms with van der Waals surface area (Å²) in [4.78, 5) is 4.24. The van der Waals surface area contributed by atoms with Crippen molar-refractivity contribution in [3.63, 3.8) is 0 Å². The van der Waals surface area contributed by atoms with Crippen molar-refractivity contribution < 1.29 is 1.43 Å². The second kappa shape index (κ2) is 2.76. The molecule has 0 N–H and O–H groups in total. The van der Waals surface area contributed by atoms with Crippen LogP contribution in [0.3, 0.4) is 0 Å². The Bertz CT molecular complexity index is 388. The summed E-state index contributed by atoms with van der Waals surface area (Å²) in [6, 6.07) is 10.00. The quantitative estimate of drug-likeness (QED) is 0.565. The van der Waals surface area contributed by atoms with E-state index in [-0.39, 0.29) is 1.43 Å². The first-order chi connectivity index (χ1) is 5.77. The molecule has 2 heteroatoms. The fourth-order valence-electron chi connectivity index (χ4n) is 1.20. The SMILES string of the molecule is Cc1cc2ccccc2nc1Cl.[HH]. The molecule has 0 saturated heterocycles. The lowest BCUT2D eigenvalue weighted by Gasteiger charge is -1.99. The number of nitrogens with zero attached hydrogens (tertiary/aromatic N) is 1. The molecule has 1 heterocycles. The van der Waals surface area contributed by atoms with Crippen molar-refractivity contribution in [2.75, 3.05) is 0 Å². The summed E-state index contributed by atoms with van der Waals surface area (Å²) in [6.45, 7) is 1.96. The van der Waals surface area contributed by atoms with Crippen LogP contribution in [-0.4, -0.2) is 4.98 Å². The molecule has 1 aromatic carbocycles. The van der Waals surface area contributed by atoms with Crippen LogP contribution in [0.15, 0.2) is 30.3 Å². The molecular formula is C10H10ClN. The Balaban J connectivity index is 0.000000845. The van der Waals surface area contributed by atoms with Gasteiger partial charge in [-0.2, -0.15) is 0 Å². The molecule has 12 heavy (non-hydrogen) atoms. The number of hydrogen-bond donors (Lipinski definition) is 0. The van der Waals surface area contributed by atoms with E-state index in [0.717, 1.165) is 16.5 Å². The molecule has 0 saturated carbocycles. The largest absolute Gasteiger partial charge is 0.236 e. The summed E-state index contributed by atoms with van der Waals surface area (Å²) in [5.41, 5.74) is 1.98. The Morgan fingerprint density at radius 3 is 2.92 bits per heavy atom. The number of para-hydroxylation sites is 1. The van der Waals surface area contributed by atoms with Gasteiger partial charge in [-0.05, 0) is 24.6 Å². The van der Waals surface area contributed by atoms with Crippen LogP contribution in [0.1, 0.15) is 6.99 Å². The van der Waals surface area contributed by atoms with Crippen LogP contribution in [0.4, 0.5) is 0 Å². The van der Waals surface area contributed by atoms with Crippen LogP contribution < -0.4 is 0 Å². The van der Waals surface area contributed by atoms with E-state index in [9.17, 15) is 0 Å². The zero-order chi connectivity index (χ0) is 8.55. The fourth-order valence-corrected chi connectivity index (χ4v) is 1.34. The highest BCUT2D eigenvalue weighted by molar-refractivity contribution is 6.30. The van der Waals surface area contributed by atoms with Gasteiger partial charge >= 0.3 is 0 Å². The topological polar surface area (TPSA) is 12.9 Å². The number of rotatable bonds is 0. The normalized spacial score (nSPS) is 10.5. The van der Waals surface area contributed by atoms with Crippen LogP contribution in [0.2, 0.25) is 5.15 Å². The Kier molecular flexibility index (Phi) is 1.74. The van der Waals surface area contributed by atoms with Gasteiger partial charge in [0.25, 0.3) is 0 Å². The number of fused-ring (bicyclic) bond motifs is 1. The van der Waals surface area contributed by atoms with Crippen LogP contribution in [-0.2, 0) is 0 Å². The molecule has 0 bridgehead atoms. The van der Waals surface area contributed by atoms with E-state index in [4.69, 9.17) is 11.6 Å². The zero-order valence-electron chi connectivity index (χ0n) is 6.71. The van der Waals surface area contributed by atoms with Crippen molar-refractivity contribution in [1.29, 1.82) is 0 Å². The van der Waals surface area contributed by atoms with Gasteiger partial charge in [-0.3, -0.25) is 0 Å². The minimum atomic E-state index is 0. The van der Waals surface area contributed by atoms with Crippen LogP contribution >= 0.6 is 11.6 Å².